The molecule has 4 aliphatic carbocycles. The van der Waals surface area contributed by atoms with E-state index in [0.29, 0.717) is 6.04 Å². The maximum atomic E-state index is 6.03. The van der Waals surface area contributed by atoms with Gasteiger partial charge in [-0.15, -0.1) is 0 Å². The van der Waals surface area contributed by atoms with E-state index in [9.17, 15) is 0 Å². The standard InChI is InChI=1S/C15H26N2/c16-14-1-2-17(8-14)9-15-12-4-10-3-11(6-12)7-13(15)5-10/h10-15H,1-9,16H2. The van der Waals surface area contributed by atoms with E-state index < -0.39 is 0 Å². The van der Waals surface area contributed by atoms with E-state index >= 15 is 0 Å². The molecule has 4 saturated carbocycles. The summed E-state index contributed by atoms with van der Waals surface area (Å²) in [5, 5.41) is 0. The van der Waals surface area contributed by atoms with Gasteiger partial charge in [0.05, 0.1) is 0 Å². The van der Waals surface area contributed by atoms with Gasteiger partial charge < -0.3 is 10.6 Å². The van der Waals surface area contributed by atoms with E-state index in [0.717, 1.165) is 29.6 Å². The lowest BCUT2D eigenvalue weighted by molar-refractivity contribution is -0.0469. The first-order chi connectivity index (χ1) is 8.28. The minimum absolute atomic E-state index is 0.465. The first-order valence-electron chi connectivity index (χ1n) is 7.76. The molecular weight excluding hydrogens is 208 g/mol. The first kappa shape index (κ1) is 10.8. The number of nitrogens with zero attached hydrogens (tertiary/aromatic N) is 1. The fourth-order valence-corrected chi connectivity index (χ4v) is 5.66. The van der Waals surface area contributed by atoms with Crippen molar-refractivity contribution in [3.8, 4) is 0 Å². The summed E-state index contributed by atoms with van der Waals surface area (Å²) in [5.74, 6) is 5.45. The summed E-state index contributed by atoms with van der Waals surface area (Å²) in [6.07, 6.45) is 9.08. The Balaban J connectivity index is 1.44. The Morgan fingerprint density at radius 2 is 1.59 bits per heavy atom. The van der Waals surface area contributed by atoms with Crippen LogP contribution in [0.25, 0.3) is 0 Å². The quantitative estimate of drug-likeness (QED) is 0.793. The number of hydrogen-bond acceptors (Lipinski definition) is 2. The van der Waals surface area contributed by atoms with Gasteiger partial charge in [-0.1, -0.05) is 0 Å². The van der Waals surface area contributed by atoms with Gasteiger partial charge in [-0.2, -0.15) is 0 Å². The van der Waals surface area contributed by atoms with Gasteiger partial charge in [-0.3, -0.25) is 0 Å². The Labute approximate surface area is 105 Å². The van der Waals surface area contributed by atoms with Gasteiger partial charge in [0.2, 0.25) is 0 Å². The van der Waals surface area contributed by atoms with Gasteiger partial charge in [0.25, 0.3) is 0 Å². The van der Waals surface area contributed by atoms with Crippen LogP contribution < -0.4 is 5.73 Å². The molecule has 0 aromatic carbocycles. The van der Waals surface area contributed by atoms with Crippen LogP contribution in [0.15, 0.2) is 0 Å². The lowest BCUT2D eigenvalue weighted by atomic mass is 9.52. The first-order valence-corrected chi connectivity index (χ1v) is 7.76. The van der Waals surface area contributed by atoms with Crippen LogP contribution in [0.3, 0.4) is 0 Å². The van der Waals surface area contributed by atoms with Gasteiger partial charge >= 0.3 is 0 Å². The topological polar surface area (TPSA) is 29.3 Å². The third-order valence-electron chi connectivity index (χ3n) is 6.20. The number of rotatable bonds is 2. The van der Waals surface area contributed by atoms with Crippen molar-refractivity contribution in [2.24, 2.45) is 35.3 Å². The predicted molar refractivity (Wildman–Crippen MR) is 69.6 cm³/mol. The minimum atomic E-state index is 0.465. The molecule has 5 rings (SSSR count). The van der Waals surface area contributed by atoms with E-state index in [1.807, 2.05) is 0 Å². The molecule has 2 nitrogen and oxygen atoms in total. The maximum Gasteiger partial charge on any atom is 0.0180 e. The van der Waals surface area contributed by atoms with Crippen LogP contribution in [-0.2, 0) is 0 Å². The molecule has 1 aliphatic heterocycles. The highest BCUT2D eigenvalue weighted by molar-refractivity contribution is 4.99. The highest BCUT2D eigenvalue weighted by Gasteiger charge is 2.48. The number of hydrogen-bond donors (Lipinski definition) is 1. The fourth-order valence-electron chi connectivity index (χ4n) is 5.66. The molecule has 1 atom stereocenters. The molecule has 4 bridgehead atoms. The Kier molecular flexibility index (Phi) is 2.52. The summed E-state index contributed by atoms with van der Waals surface area (Å²) in [7, 11) is 0. The Hall–Kier alpha value is -0.0800. The lowest BCUT2D eigenvalue weighted by Crippen LogP contribution is -2.49. The average Bonchev–Trinajstić information content (AvgIpc) is 2.68. The van der Waals surface area contributed by atoms with Crippen LogP contribution in [0.2, 0.25) is 0 Å². The monoisotopic (exact) mass is 234 g/mol. The number of nitrogens with two attached hydrogens (primary N) is 1. The SMILES string of the molecule is NC1CCN(CC2C3CC4CC(C3)CC2C4)C1. The second-order valence-electron chi connectivity index (χ2n) is 7.40. The predicted octanol–water partition coefficient (Wildman–Crippen LogP) is 2.09. The average molecular weight is 234 g/mol. The molecule has 1 saturated heterocycles. The molecule has 2 N–H and O–H groups in total. The van der Waals surface area contributed by atoms with Gasteiger partial charge in [-0.25, -0.2) is 0 Å². The van der Waals surface area contributed by atoms with Gasteiger partial charge in [0, 0.05) is 19.1 Å². The second-order valence-corrected chi connectivity index (χ2v) is 7.40. The lowest BCUT2D eigenvalue weighted by Gasteiger charge is -2.55. The third kappa shape index (κ3) is 1.84. The van der Waals surface area contributed by atoms with Gasteiger partial charge in [0.1, 0.15) is 0 Å². The molecule has 0 aromatic heterocycles. The fraction of sp³-hybridized carbons (Fsp3) is 1.00. The van der Waals surface area contributed by atoms with Crippen molar-refractivity contribution in [1.29, 1.82) is 0 Å². The highest BCUT2D eigenvalue weighted by atomic mass is 15.2. The van der Waals surface area contributed by atoms with Crippen molar-refractivity contribution in [2.45, 2.75) is 44.6 Å². The normalized spacial score (nSPS) is 53.5. The van der Waals surface area contributed by atoms with E-state index in [1.165, 1.54) is 26.1 Å². The molecule has 0 aromatic rings. The molecular formula is C15H26N2. The highest BCUT2D eigenvalue weighted by Crippen LogP contribution is 2.56. The largest absolute Gasteiger partial charge is 0.326 e. The molecule has 2 heteroatoms. The van der Waals surface area contributed by atoms with Crippen molar-refractivity contribution in [1.82, 2.24) is 4.90 Å². The van der Waals surface area contributed by atoms with Crippen LogP contribution in [-0.4, -0.2) is 30.6 Å². The van der Waals surface area contributed by atoms with Crippen molar-refractivity contribution in [3.05, 3.63) is 0 Å². The Bertz CT molecular complexity index is 273. The van der Waals surface area contributed by atoms with Crippen LogP contribution in [0.5, 0.6) is 0 Å². The Morgan fingerprint density at radius 3 is 2.12 bits per heavy atom. The zero-order valence-electron chi connectivity index (χ0n) is 10.9. The van der Waals surface area contributed by atoms with E-state index in [4.69, 9.17) is 5.73 Å². The van der Waals surface area contributed by atoms with Crippen LogP contribution in [0.4, 0.5) is 0 Å². The summed E-state index contributed by atoms with van der Waals surface area (Å²) in [6.45, 7) is 3.81. The molecule has 17 heavy (non-hydrogen) atoms. The van der Waals surface area contributed by atoms with Crippen molar-refractivity contribution in [2.75, 3.05) is 19.6 Å². The summed E-state index contributed by atoms with van der Waals surface area (Å²) < 4.78 is 0. The zero-order chi connectivity index (χ0) is 11.4. The summed E-state index contributed by atoms with van der Waals surface area (Å²) in [5.41, 5.74) is 6.03. The summed E-state index contributed by atoms with van der Waals surface area (Å²) in [6, 6.07) is 0.465. The molecule has 0 amide bonds. The molecule has 0 spiro atoms. The summed E-state index contributed by atoms with van der Waals surface area (Å²) in [4.78, 5) is 2.66. The van der Waals surface area contributed by atoms with E-state index in [-0.39, 0.29) is 0 Å². The second kappa shape index (κ2) is 3.96. The molecule has 5 fully saturated rings. The number of likely N-dealkylation sites (tertiary alicyclic amines) is 1. The Morgan fingerprint density at radius 1 is 0.941 bits per heavy atom. The van der Waals surface area contributed by atoms with Crippen molar-refractivity contribution in [3.63, 3.8) is 0 Å². The summed E-state index contributed by atoms with van der Waals surface area (Å²) >= 11 is 0. The van der Waals surface area contributed by atoms with Gasteiger partial charge in [-0.05, 0) is 74.7 Å². The molecule has 96 valence electrons. The molecule has 5 aliphatic rings. The van der Waals surface area contributed by atoms with Crippen molar-refractivity contribution >= 4 is 0 Å². The smallest absolute Gasteiger partial charge is 0.0180 e. The van der Waals surface area contributed by atoms with Crippen LogP contribution in [0, 0.1) is 29.6 Å². The van der Waals surface area contributed by atoms with Crippen LogP contribution >= 0.6 is 0 Å². The third-order valence-corrected chi connectivity index (χ3v) is 6.20. The van der Waals surface area contributed by atoms with Crippen molar-refractivity contribution < 1.29 is 0 Å². The molecule has 0 radical (unpaired) electrons. The minimum Gasteiger partial charge on any atom is -0.326 e. The molecule has 1 unspecified atom stereocenters. The molecule has 1 heterocycles. The van der Waals surface area contributed by atoms with Gasteiger partial charge in [0.15, 0.2) is 0 Å². The zero-order valence-corrected chi connectivity index (χ0v) is 10.9. The maximum absolute atomic E-state index is 6.03. The van der Waals surface area contributed by atoms with E-state index in [2.05, 4.69) is 4.90 Å². The van der Waals surface area contributed by atoms with Crippen LogP contribution in [0.1, 0.15) is 38.5 Å². The van der Waals surface area contributed by atoms with E-state index in [1.54, 1.807) is 32.1 Å².